The van der Waals surface area contributed by atoms with E-state index in [-0.39, 0.29) is 17.5 Å². The quantitative estimate of drug-likeness (QED) is 0.162. The molecule has 0 atom stereocenters. The number of carbonyl (C=O) groups is 1. The maximum atomic E-state index is 15.0. The number of amides is 1. The summed E-state index contributed by atoms with van der Waals surface area (Å²) in [6.07, 6.45) is 4.69. The van der Waals surface area contributed by atoms with Gasteiger partial charge in [-0.1, -0.05) is 26.0 Å². The summed E-state index contributed by atoms with van der Waals surface area (Å²) >= 11 is 0. The van der Waals surface area contributed by atoms with Crippen LogP contribution in [-0.4, -0.2) is 68.0 Å². The van der Waals surface area contributed by atoms with Gasteiger partial charge >= 0.3 is 0 Å². The third-order valence-corrected chi connectivity index (χ3v) is 7.73. The number of aromatic nitrogens is 5. The number of hydrogen-bond donors (Lipinski definition) is 3. The molecule has 0 aliphatic carbocycles. The molecule has 0 spiro atoms. The number of H-pyrrole nitrogens is 1. The van der Waals surface area contributed by atoms with Crippen molar-refractivity contribution in [1.29, 1.82) is 0 Å². The largest absolute Gasteiger partial charge is 0.354 e. The SMILES string of the molecule is CCN(CC)CCCNc1nc(-c2cc(C(=O)NCCc3cnc[nH]3)ccc2C)c2ccc(=O)n(-c3c(F)cccc3F)c2n1. The summed E-state index contributed by atoms with van der Waals surface area (Å²) in [4.78, 5) is 45.0. The van der Waals surface area contributed by atoms with Gasteiger partial charge in [0.05, 0.1) is 12.0 Å². The van der Waals surface area contributed by atoms with E-state index in [4.69, 9.17) is 4.98 Å². The molecule has 12 heteroatoms. The zero-order valence-electron chi connectivity index (χ0n) is 25.5. The number of aryl methyl sites for hydroxylation is 1. The summed E-state index contributed by atoms with van der Waals surface area (Å²) < 4.78 is 31.0. The van der Waals surface area contributed by atoms with E-state index >= 15 is 8.78 Å². The van der Waals surface area contributed by atoms with Crippen molar-refractivity contribution in [2.75, 3.05) is 38.0 Å². The molecule has 0 fully saturated rings. The highest BCUT2D eigenvalue weighted by atomic mass is 19.1. The molecule has 45 heavy (non-hydrogen) atoms. The molecule has 234 valence electrons. The second kappa shape index (κ2) is 14.2. The summed E-state index contributed by atoms with van der Waals surface area (Å²) in [6, 6.07) is 11.5. The first-order valence-corrected chi connectivity index (χ1v) is 15.0. The van der Waals surface area contributed by atoms with Crippen molar-refractivity contribution in [3.63, 3.8) is 0 Å². The van der Waals surface area contributed by atoms with Gasteiger partial charge in [-0.05, 0) is 68.9 Å². The van der Waals surface area contributed by atoms with Gasteiger partial charge in [0.2, 0.25) is 5.95 Å². The van der Waals surface area contributed by atoms with Gasteiger partial charge in [0.25, 0.3) is 11.5 Å². The van der Waals surface area contributed by atoms with Gasteiger partial charge in [-0.15, -0.1) is 0 Å². The number of anilines is 1. The van der Waals surface area contributed by atoms with Crippen LogP contribution >= 0.6 is 0 Å². The number of rotatable bonds is 13. The number of nitrogens with zero attached hydrogens (tertiary/aromatic N) is 5. The van der Waals surface area contributed by atoms with Crippen LogP contribution in [0.25, 0.3) is 28.0 Å². The third-order valence-electron chi connectivity index (χ3n) is 7.73. The molecule has 0 unspecified atom stereocenters. The van der Waals surface area contributed by atoms with Crippen molar-refractivity contribution in [2.45, 2.75) is 33.6 Å². The van der Waals surface area contributed by atoms with Gasteiger partial charge in [-0.25, -0.2) is 18.7 Å². The normalized spacial score (nSPS) is 11.3. The van der Waals surface area contributed by atoms with Crippen LogP contribution in [0.1, 0.15) is 41.9 Å². The van der Waals surface area contributed by atoms with Gasteiger partial charge in [0.1, 0.15) is 17.3 Å². The van der Waals surface area contributed by atoms with E-state index in [0.717, 1.165) is 54.0 Å². The lowest BCUT2D eigenvalue weighted by molar-refractivity contribution is 0.0954. The highest BCUT2D eigenvalue weighted by molar-refractivity contribution is 5.98. The highest BCUT2D eigenvalue weighted by Crippen LogP contribution is 2.31. The number of nitrogens with one attached hydrogen (secondary N) is 3. The van der Waals surface area contributed by atoms with Crippen molar-refractivity contribution < 1.29 is 13.6 Å². The smallest absolute Gasteiger partial charge is 0.256 e. The molecule has 5 rings (SSSR count). The van der Waals surface area contributed by atoms with Crippen molar-refractivity contribution in [3.8, 4) is 16.9 Å². The predicted molar refractivity (Wildman–Crippen MR) is 171 cm³/mol. The summed E-state index contributed by atoms with van der Waals surface area (Å²) in [5.74, 6) is -1.87. The molecule has 3 aromatic heterocycles. The molecule has 3 heterocycles. The fourth-order valence-electron chi connectivity index (χ4n) is 5.21. The number of imidazole rings is 1. The monoisotopic (exact) mass is 614 g/mol. The van der Waals surface area contributed by atoms with E-state index in [9.17, 15) is 9.59 Å². The number of para-hydroxylation sites is 1. The fraction of sp³-hybridized carbons (Fsp3) is 0.303. The minimum Gasteiger partial charge on any atom is -0.354 e. The molecule has 10 nitrogen and oxygen atoms in total. The molecule has 3 N–H and O–H groups in total. The van der Waals surface area contributed by atoms with Gasteiger partial charge < -0.3 is 20.5 Å². The van der Waals surface area contributed by atoms with Gasteiger partial charge in [-0.2, -0.15) is 4.98 Å². The lowest BCUT2D eigenvalue weighted by Crippen LogP contribution is -2.26. The van der Waals surface area contributed by atoms with E-state index in [1.807, 2.05) is 13.0 Å². The molecule has 0 saturated heterocycles. The van der Waals surface area contributed by atoms with Crippen LogP contribution in [0.15, 0.2) is 65.8 Å². The Morgan fingerprint density at radius 3 is 2.51 bits per heavy atom. The summed E-state index contributed by atoms with van der Waals surface area (Å²) in [5.41, 5.74) is 2.03. The number of pyridine rings is 1. The Hall–Kier alpha value is -4.97. The van der Waals surface area contributed by atoms with Crippen molar-refractivity contribution in [3.05, 3.63) is 99.9 Å². The molecular weight excluding hydrogens is 578 g/mol. The summed E-state index contributed by atoms with van der Waals surface area (Å²) in [6.45, 7) is 9.75. The molecule has 0 radical (unpaired) electrons. The van der Waals surface area contributed by atoms with E-state index in [1.54, 1.807) is 30.7 Å². The van der Waals surface area contributed by atoms with Crippen LogP contribution in [0.5, 0.6) is 0 Å². The molecule has 2 aromatic carbocycles. The average Bonchev–Trinajstić information content (AvgIpc) is 3.55. The molecule has 0 saturated carbocycles. The van der Waals surface area contributed by atoms with Crippen molar-refractivity contribution in [2.24, 2.45) is 0 Å². The minimum absolute atomic E-state index is 0.0385. The van der Waals surface area contributed by atoms with Gasteiger partial charge in [0.15, 0.2) is 5.65 Å². The van der Waals surface area contributed by atoms with Crippen LogP contribution in [0, 0.1) is 18.6 Å². The maximum absolute atomic E-state index is 15.0. The zero-order valence-corrected chi connectivity index (χ0v) is 25.5. The van der Waals surface area contributed by atoms with E-state index in [0.29, 0.717) is 41.7 Å². The number of benzene rings is 2. The third kappa shape index (κ3) is 7.07. The highest BCUT2D eigenvalue weighted by Gasteiger charge is 2.21. The number of carbonyl (C=O) groups excluding carboxylic acids is 1. The summed E-state index contributed by atoms with van der Waals surface area (Å²) in [5, 5.41) is 6.55. The number of halogens is 2. The van der Waals surface area contributed by atoms with Gasteiger partial charge in [-0.3, -0.25) is 14.2 Å². The molecule has 0 aliphatic heterocycles. The van der Waals surface area contributed by atoms with E-state index in [1.165, 1.54) is 12.1 Å². The van der Waals surface area contributed by atoms with Crippen LogP contribution in [0.3, 0.4) is 0 Å². The minimum atomic E-state index is -0.900. The van der Waals surface area contributed by atoms with Crippen LogP contribution in [-0.2, 0) is 6.42 Å². The second-order valence-electron chi connectivity index (χ2n) is 10.6. The molecule has 1 amide bonds. The topological polar surface area (TPSA) is 121 Å². The molecule has 0 aliphatic rings. The molecule has 5 aromatic rings. The first-order chi connectivity index (χ1) is 21.8. The maximum Gasteiger partial charge on any atom is 0.256 e. The van der Waals surface area contributed by atoms with E-state index in [2.05, 4.69) is 44.3 Å². The predicted octanol–water partition coefficient (Wildman–Crippen LogP) is 4.87. The Bertz CT molecular complexity index is 1830. The van der Waals surface area contributed by atoms with Crippen LogP contribution in [0.2, 0.25) is 0 Å². The standard InChI is InChI=1S/C33H36F2N8O2/c1-4-42(5-2)17-7-15-38-33-40-29(24-12-13-28(44)43(31(24)41-33)30-26(34)8-6-9-27(30)35)25-18-22(11-10-21(25)3)32(45)37-16-14-23-19-36-20-39-23/h6,8-13,18-20H,4-5,7,14-17H2,1-3H3,(H,36,39)(H,37,45)(H,38,40,41). The Kier molecular flexibility index (Phi) is 9.93. The van der Waals surface area contributed by atoms with Crippen molar-refractivity contribution >= 4 is 22.9 Å². The van der Waals surface area contributed by atoms with Crippen molar-refractivity contribution in [1.82, 2.24) is 34.7 Å². The zero-order chi connectivity index (χ0) is 31.9. The number of fused-ring (bicyclic) bond motifs is 1. The van der Waals surface area contributed by atoms with Crippen LogP contribution in [0.4, 0.5) is 14.7 Å². The first kappa shape index (κ1) is 31.5. The van der Waals surface area contributed by atoms with Gasteiger partial charge in [0, 0.05) is 54.0 Å². The Labute approximate surface area is 259 Å². The Morgan fingerprint density at radius 1 is 1.02 bits per heavy atom. The Morgan fingerprint density at radius 2 is 1.80 bits per heavy atom. The average molecular weight is 615 g/mol. The first-order valence-electron chi connectivity index (χ1n) is 15.0. The lowest BCUT2D eigenvalue weighted by Gasteiger charge is -2.18. The fourth-order valence-corrected chi connectivity index (χ4v) is 5.21. The summed E-state index contributed by atoms with van der Waals surface area (Å²) in [7, 11) is 0. The number of aromatic amines is 1. The van der Waals surface area contributed by atoms with Crippen LogP contribution < -0.4 is 16.2 Å². The molecular formula is C33H36F2N8O2. The number of hydrogen-bond acceptors (Lipinski definition) is 7. The Balaban J connectivity index is 1.58. The van der Waals surface area contributed by atoms with E-state index < -0.39 is 22.9 Å². The second-order valence-corrected chi connectivity index (χ2v) is 10.6. The molecule has 0 bridgehead atoms. The lowest BCUT2D eigenvalue weighted by atomic mass is 9.99.